The summed E-state index contributed by atoms with van der Waals surface area (Å²) in [4.78, 5) is 13.4. The molecule has 0 aliphatic rings. The molecule has 0 aromatic heterocycles. The number of benzene rings is 1. The van der Waals surface area contributed by atoms with Crippen LogP contribution in [0.4, 0.5) is 5.69 Å². The molecule has 1 aromatic rings. The zero-order chi connectivity index (χ0) is 12.1. The van der Waals surface area contributed by atoms with Crippen molar-refractivity contribution in [2.45, 2.75) is 18.2 Å². The standard InChI is InChI=1S/C12H16BrNO2/c1-4-11(13)12(15)14(2)9-5-7-10(16-3)8-6-9/h5-8,11H,4H2,1-3H3. The maximum absolute atomic E-state index is 11.9. The van der Waals surface area contributed by atoms with E-state index in [4.69, 9.17) is 4.74 Å². The molecular weight excluding hydrogens is 270 g/mol. The highest BCUT2D eigenvalue weighted by atomic mass is 79.9. The number of hydrogen-bond acceptors (Lipinski definition) is 2. The lowest BCUT2D eigenvalue weighted by Crippen LogP contribution is -2.32. The van der Waals surface area contributed by atoms with Gasteiger partial charge in [0.1, 0.15) is 5.75 Å². The van der Waals surface area contributed by atoms with Crippen LogP contribution in [0.1, 0.15) is 13.3 Å². The van der Waals surface area contributed by atoms with Gasteiger partial charge in [-0.15, -0.1) is 0 Å². The van der Waals surface area contributed by atoms with Crippen molar-refractivity contribution in [3.05, 3.63) is 24.3 Å². The third-order valence-electron chi connectivity index (χ3n) is 2.42. The minimum Gasteiger partial charge on any atom is -0.497 e. The van der Waals surface area contributed by atoms with Gasteiger partial charge < -0.3 is 9.64 Å². The van der Waals surface area contributed by atoms with Gasteiger partial charge >= 0.3 is 0 Å². The number of alkyl halides is 1. The summed E-state index contributed by atoms with van der Waals surface area (Å²) in [5.74, 6) is 0.850. The first-order valence-corrected chi connectivity index (χ1v) is 6.07. The Morgan fingerprint density at radius 1 is 1.44 bits per heavy atom. The van der Waals surface area contributed by atoms with E-state index in [1.54, 1.807) is 19.1 Å². The quantitative estimate of drug-likeness (QED) is 0.797. The first-order chi connectivity index (χ1) is 7.60. The molecule has 4 heteroatoms. The van der Waals surface area contributed by atoms with Gasteiger partial charge in [-0.1, -0.05) is 22.9 Å². The van der Waals surface area contributed by atoms with Crippen LogP contribution in [-0.4, -0.2) is 24.9 Å². The molecule has 1 atom stereocenters. The predicted octanol–water partition coefficient (Wildman–Crippen LogP) is 2.83. The molecule has 1 rings (SSSR count). The molecule has 0 aliphatic heterocycles. The molecule has 1 amide bonds. The van der Waals surface area contributed by atoms with Crippen LogP contribution in [0.2, 0.25) is 0 Å². The minimum atomic E-state index is -0.125. The third-order valence-corrected chi connectivity index (χ3v) is 3.46. The van der Waals surface area contributed by atoms with Gasteiger partial charge in [-0.3, -0.25) is 4.79 Å². The van der Waals surface area contributed by atoms with Gasteiger partial charge in [0, 0.05) is 12.7 Å². The van der Waals surface area contributed by atoms with Crippen molar-refractivity contribution in [2.75, 3.05) is 19.1 Å². The molecule has 0 fully saturated rings. The van der Waals surface area contributed by atoms with Gasteiger partial charge in [0.05, 0.1) is 11.9 Å². The van der Waals surface area contributed by atoms with Crippen LogP contribution < -0.4 is 9.64 Å². The molecule has 0 spiro atoms. The zero-order valence-corrected chi connectivity index (χ0v) is 11.3. The maximum Gasteiger partial charge on any atom is 0.240 e. The van der Waals surface area contributed by atoms with Gasteiger partial charge in [-0.2, -0.15) is 0 Å². The average molecular weight is 286 g/mol. The average Bonchev–Trinajstić information content (AvgIpc) is 2.36. The van der Waals surface area contributed by atoms with Crippen LogP contribution in [0.15, 0.2) is 24.3 Å². The Morgan fingerprint density at radius 2 is 2.00 bits per heavy atom. The molecule has 0 aliphatic carbocycles. The molecule has 0 N–H and O–H groups in total. The summed E-state index contributed by atoms with van der Waals surface area (Å²) in [5.41, 5.74) is 0.865. The first kappa shape index (κ1) is 13.0. The number of carbonyl (C=O) groups excluding carboxylic acids is 1. The Morgan fingerprint density at radius 3 is 2.44 bits per heavy atom. The highest BCUT2D eigenvalue weighted by Crippen LogP contribution is 2.20. The molecule has 16 heavy (non-hydrogen) atoms. The second-order valence-electron chi connectivity index (χ2n) is 3.47. The fourth-order valence-corrected chi connectivity index (χ4v) is 1.62. The summed E-state index contributed by atoms with van der Waals surface area (Å²) in [5, 5.41) is 0. The number of rotatable bonds is 4. The SMILES string of the molecule is CCC(Br)C(=O)N(C)c1ccc(OC)cc1. The summed E-state index contributed by atoms with van der Waals surface area (Å²) < 4.78 is 5.07. The van der Waals surface area contributed by atoms with Gasteiger partial charge in [0.2, 0.25) is 5.91 Å². The van der Waals surface area contributed by atoms with E-state index in [9.17, 15) is 4.79 Å². The molecule has 0 bridgehead atoms. The van der Waals surface area contributed by atoms with Crippen molar-refractivity contribution >= 4 is 27.5 Å². The molecule has 3 nitrogen and oxygen atoms in total. The van der Waals surface area contributed by atoms with E-state index in [2.05, 4.69) is 15.9 Å². The van der Waals surface area contributed by atoms with E-state index in [0.717, 1.165) is 17.9 Å². The first-order valence-electron chi connectivity index (χ1n) is 5.15. The van der Waals surface area contributed by atoms with Crippen molar-refractivity contribution < 1.29 is 9.53 Å². The Kier molecular flexibility index (Phi) is 4.80. The molecule has 88 valence electrons. The molecule has 0 saturated heterocycles. The van der Waals surface area contributed by atoms with E-state index in [1.807, 2.05) is 31.2 Å². The van der Waals surface area contributed by atoms with Crippen LogP contribution in [0.25, 0.3) is 0 Å². The predicted molar refractivity (Wildman–Crippen MR) is 69.4 cm³/mol. The van der Waals surface area contributed by atoms with Gasteiger partial charge in [0.15, 0.2) is 0 Å². The van der Waals surface area contributed by atoms with Crippen LogP contribution in [-0.2, 0) is 4.79 Å². The lowest BCUT2D eigenvalue weighted by Gasteiger charge is -2.20. The number of methoxy groups -OCH3 is 1. The van der Waals surface area contributed by atoms with Crippen molar-refractivity contribution in [3.8, 4) is 5.75 Å². The summed E-state index contributed by atoms with van der Waals surface area (Å²) in [6, 6.07) is 7.42. The van der Waals surface area contributed by atoms with Crippen molar-refractivity contribution in [3.63, 3.8) is 0 Å². The van der Waals surface area contributed by atoms with Gasteiger partial charge in [-0.25, -0.2) is 0 Å². The van der Waals surface area contributed by atoms with Crippen LogP contribution >= 0.6 is 15.9 Å². The summed E-state index contributed by atoms with van der Waals surface area (Å²) in [7, 11) is 3.39. The highest BCUT2D eigenvalue weighted by molar-refractivity contribution is 9.10. The smallest absolute Gasteiger partial charge is 0.240 e. The van der Waals surface area contributed by atoms with Crippen LogP contribution in [0, 0.1) is 0 Å². The second kappa shape index (κ2) is 5.89. The van der Waals surface area contributed by atoms with Crippen molar-refractivity contribution in [1.82, 2.24) is 0 Å². The van der Waals surface area contributed by atoms with E-state index >= 15 is 0 Å². The van der Waals surface area contributed by atoms with E-state index in [1.165, 1.54) is 0 Å². The summed E-state index contributed by atoms with van der Waals surface area (Å²) >= 11 is 3.35. The number of halogens is 1. The largest absolute Gasteiger partial charge is 0.497 e. The number of nitrogens with zero attached hydrogens (tertiary/aromatic N) is 1. The second-order valence-corrected chi connectivity index (χ2v) is 4.58. The van der Waals surface area contributed by atoms with Gasteiger partial charge in [-0.05, 0) is 30.7 Å². The van der Waals surface area contributed by atoms with E-state index < -0.39 is 0 Å². The van der Waals surface area contributed by atoms with Gasteiger partial charge in [0.25, 0.3) is 0 Å². The topological polar surface area (TPSA) is 29.5 Å². The fourth-order valence-electron chi connectivity index (χ4n) is 1.32. The van der Waals surface area contributed by atoms with Crippen LogP contribution in [0.5, 0.6) is 5.75 Å². The van der Waals surface area contributed by atoms with E-state index in [0.29, 0.717) is 0 Å². The lowest BCUT2D eigenvalue weighted by atomic mass is 10.2. The number of hydrogen-bond donors (Lipinski definition) is 0. The number of ether oxygens (including phenoxy) is 1. The normalized spacial score (nSPS) is 12.0. The third kappa shape index (κ3) is 2.98. The van der Waals surface area contributed by atoms with Crippen LogP contribution in [0.3, 0.4) is 0 Å². The Labute approximate surface area is 105 Å². The Hall–Kier alpha value is -1.03. The lowest BCUT2D eigenvalue weighted by molar-refractivity contribution is -0.117. The molecule has 0 radical (unpaired) electrons. The fraction of sp³-hybridized carbons (Fsp3) is 0.417. The molecule has 0 heterocycles. The maximum atomic E-state index is 11.9. The van der Waals surface area contributed by atoms with E-state index in [-0.39, 0.29) is 10.7 Å². The molecular formula is C12H16BrNO2. The number of carbonyl (C=O) groups is 1. The molecule has 0 saturated carbocycles. The Balaban J connectivity index is 2.79. The number of anilines is 1. The summed E-state index contributed by atoms with van der Waals surface area (Å²) in [6.07, 6.45) is 0.777. The zero-order valence-electron chi connectivity index (χ0n) is 9.74. The monoisotopic (exact) mass is 285 g/mol. The molecule has 1 aromatic carbocycles. The Bertz CT molecular complexity index is 351. The highest BCUT2D eigenvalue weighted by Gasteiger charge is 2.18. The number of amides is 1. The van der Waals surface area contributed by atoms with Crippen molar-refractivity contribution in [2.24, 2.45) is 0 Å². The summed E-state index contributed by atoms with van der Waals surface area (Å²) in [6.45, 7) is 1.97. The minimum absolute atomic E-state index is 0.0627. The molecule has 1 unspecified atom stereocenters. The van der Waals surface area contributed by atoms with Crippen molar-refractivity contribution in [1.29, 1.82) is 0 Å².